The first-order chi connectivity index (χ1) is 11.9. The monoisotopic (exact) mass is 344 g/mol. The van der Waals surface area contributed by atoms with Gasteiger partial charge in [0.15, 0.2) is 0 Å². The lowest BCUT2D eigenvalue weighted by atomic mass is 10.0. The van der Waals surface area contributed by atoms with E-state index in [4.69, 9.17) is 0 Å². The van der Waals surface area contributed by atoms with Crippen molar-refractivity contribution in [3.05, 3.63) is 53.6 Å². The Morgan fingerprint density at radius 3 is 2.52 bits per heavy atom. The Morgan fingerprint density at radius 2 is 1.96 bits per heavy atom. The average Bonchev–Trinajstić information content (AvgIpc) is 3.30. The zero-order valence-corrected chi connectivity index (χ0v) is 14.9. The highest BCUT2D eigenvalue weighted by atomic mass is 19.1. The van der Waals surface area contributed by atoms with E-state index in [0.29, 0.717) is 0 Å². The normalized spacial score (nSPS) is 17.8. The molecule has 1 fully saturated rings. The number of rotatable bonds is 7. The van der Waals surface area contributed by atoms with Crippen molar-refractivity contribution in [3.63, 3.8) is 0 Å². The fraction of sp³-hybridized carbons (Fsp3) is 0.474. The molecule has 1 aromatic carbocycles. The van der Waals surface area contributed by atoms with E-state index in [2.05, 4.69) is 22.7 Å². The number of benzene rings is 1. The maximum atomic E-state index is 13.3. The molecule has 5 nitrogen and oxygen atoms in total. The summed E-state index contributed by atoms with van der Waals surface area (Å²) in [6.07, 6.45) is 5.86. The molecule has 1 aromatic heterocycles. The molecule has 1 saturated carbocycles. The molecule has 2 N–H and O–H groups in total. The number of hydrogen-bond acceptors (Lipinski definition) is 3. The van der Waals surface area contributed by atoms with Crippen LogP contribution in [0.1, 0.15) is 49.9 Å². The van der Waals surface area contributed by atoms with Crippen LogP contribution in [0.2, 0.25) is 0 Å². The van der Waals surface area contributed by atoms with Crippen LogP contribution in [-0.4, -0.2) is 27.8 Å². The molecule has 0 saturated heterocycles. The third kappa shape index (κ3) is 4.45. The van der Waals surface area contributed by atoms with Crippen LogP contribution in [0.15, 0.2) is 36.7 Å². The molecule has 0 bridgehead atoms. The molecule has 2 aromatic rings. The van der Waals surface area contributed by atoms with E-state index in [0.717, 1.165) is 24.0 Å². The molecule has 134 valence electrons. The molecular weight excluding hydrogens is 319 g/mol. The van der Waals surface area contributed by atoms with Gasteiger partial charge >= 0.3 is 0 Å². The second kappa shape index (κ2) is 7.35. The van der Waals surface area contributed by atoms with Gasteiger partial charge in [-0.3, -0.25) is 14.8 Å². The van der Waals surface area contributed by atoms with Gasteiger partial charge in [-0.05, 0) is 56.9 Å². The van der Waals surface area contributed by atoms with Crippen LogP contribution in [-0.2, 0) is 4.79 Å². The van der Waals surface area contributed by atoms with Gasteiger partial charge in [0.1, 0.15) is 11.9 Å². The number of carbonyl (C=O) groups is 1. The van der Waals surface area contributed by atoms with Gasteiger partial charge in [-0.25, -0.2) is 4.39 Å². The van der Waals surface area contributed by atoms with Gasteiger partial charge in [0.25, 0.3) is 0 Å². The Bertz CT molecular complexity index is 723. The van der Waals surface area contributed by atoms with Gasteiger partial charge in [0.05, 0.1) is 12.2 Å². The number of nitrogens with zero attached hydrogens (tertiary/aromatic N) is 2. The summed E-state index contributed by atoms with van der Waals surface area (Å²) in [6.45, 7) is 6.09. The van der Waals surface area contributed by atoms with Crippen molar-refractivity contribution >= 4 is 5.91 Å². The Labute approximate surface area is 147 Å². The van der Waals surface area contributed by atoms with Crippen LogP contribution in [0.5, 0.6) is 0 Å². The first-order valence-electron chi connectivity index (χ1n) is 8.76. The highest BCUT2D eigenvalue weighted by Crippen LogP contribution is 2.23. The second-order valence-corrected chi connectivity index (χ2v) is 6.96. The smallest absolute Gasteiger partial charge is 0.241 e. The molecule has 0 spiro atoms. The topological polar surface area (TPSA) is 59.0 Å². The summed E-state index contributed by atoms with van der Waals surface area (Å²) in [5, 5.41) is 10.8. The lowest BCUT2D eigenvalue weighted by Crippen LogP contribution is -2.44. The van der Waals surface area contributed by atoms with E-state index in [1.54, 1.807) is 12.1 Å². The van der Waals surface area contributed by atoms with Crippen molar-refractivity contribution in [2.75, 3.05) is 0 Å². The Kier molecular flexibility index (Phi) is 5.18. The SMILES string of the molecule is Cc1cnn([C@H](C)[C@@H](C)N[C@@H](C(=O)NC2CC2)c2ccc(F)cc2)c1. The lowest BCUT2D eigenvalue weighted by Gasteiger charge is -2.27. The molecule has 3 rings (SSSR count). The molecule has 25 heavy (non-hydrogen) atoms. The maximum absolute atomic E-state index is 13.3. The van der Waals surface area contributed by atoms with Crippen LogP contribution in [0.4, 0.5) is 4.39 Å². The third-order valence-electron chi connectivity index (χ3n) is 4.69. The van der Waals surface area contributed by atoms with Crippen molar-refractivity contribution in [1.29, 1.82) is 0 Å². The summed E-state index contributed by atoms with van der Waals surface area (Å²) in [6, 6.07) is 5.93. The third-order valence-corrected chi connectivity index (χ3v) is 4.69. The number of amides is 1. The molecule has 0 unspecified atom stereocenters. The minimum Gasteiger partial charge on any atom is -0.352 e. The van der Waals surface area contributed by atoms with E-state index in [1.807, 2.05) is 30.9 Å². The van der Waals surface area contributed by atoms with Gasteiger partial charge in [0.2, 0.25) is 5.91 Å². The standard InChI is InChI=1S/C19H25FN4O/c1-12-10-21-24(11-12)14(3)13(2)22-18(19(25)23-17-8-9-17)15-4-6-16(20)7-5-15/h4-7,10-11,13-14,17-18,22H,8-9H2,1-3H3,(H,23,25)/t13-,14-,18-/m1/s1. The van der Waals surface area contributed by atoms with Gasteiger partial charge < -0.3 is 5.32 Å². The fourth-order valence-electron chi connectivity index (χ4n) is 2.78. The fourth-order valence-corrected chi connectivity index (χ4v) is 2.78. The van der Waals surface area contributed by atoms with Crippen molar-refractivity contribution in [2.24, 2.45) is 0 Å². The summed E-state index contributed by atoms with van der Waals surface area (Å²) >= 11 is 0. The summed E-state index contributed by atoms with van der Waals surface area (Å²) in [5.41, 5.74) is 1.86. The first kappa shape index (κ1) is 17.6. The molecule has 3 atom stereocenters. The zero-order valence-electron chi connectivity index (χ0n) is 14.9. The van der Waals surface area contributed by atoms with E-state index in [9.17, 15) is 9.18 Å². The van der Waals surface area contributed by atoms with Crippen molar-refractivity contribution in [3.8, 4) is 0 Å². The minimum atomic E-state index is -0.518. The molecule has 1 amide bonds. The van der Waals surface area contributed by atoms with Crippen molar-refractivity contribution in [2.45, 2.75) is 57.8 Å². The number of aromatic nitrogens is 2. The van der Waals surface area contributed by atoms with E-state index in [1.165, 1.54) is 12.1 Å². The van der Waals surface area contributed by atoms with Gasteiger partial charge in [-0.2, -0.15) is 5.10 Å². The summed E-state index contributed by atoms with van der Waals surface area (Å²) in [7, 11) is 0. The minimum absolute atomic E-state index is 0.000642. The maximum Gasteiger partial charge on any atom is 0.241 e. The molecule has 6 heteroatoms. The van der Waals surface area contributed by atoms with E-state index >= 15 is 0 Å². The second-order valence-electron chi connectivity index (χ2n) is 6.96. The van der Waals surface area contributed by atoms with Crippen molar-refractivity contribution < 1.29 is 9.18 Å². The van der Waals surface area contributed by atoms with Crippen LogP contribution in [0.3, 0.4) is 0 Å². The number of nitrogens with one attached hydrogen (secondary N) is 2. The highest BCUT2D eigenvalue weighted by Gasteiger charge is 2.30. The van der Waals surface area contributed by atoms with Gasteiger partial charge in [0, 0.05) is 18.3 Å². The predicted octanol–water partition coefficient (Wildman–Crippen LogP) is 2.89. The highest BCUT2D eigenvalue weighted by molar-refractivity contribution is 5.83. The quantitative estimate of drug-likeness (QED) is 0.812. The molecule has 0 radical (unpaired) electrons. The van der Waals surface area contributed by atoms with E-state index < -0.39 is 6.04 Å². The summed E-state index contributed by atoms with van der Waals surface area (Å²) < 4.78 is 15.1. The number of aryl methyl sites for hydroxylation is 1. The Morgan fingerprint density at radius 1 is 1.28 bits per heavy atom. The molecule has 1 aliphatic carbocycles. The molecular formula is C19H25FN4O. The van der Waals surface area contributed by atoms with Crippen LogP contribution < -0.4 is 10.6 Å². The average molecular weight is 344 g/mol. The first-order valence-corrected chi connectivity index (χ1v) is 8.76. The molecule has 1 aliphatic rings. The molecule has 1 heterocycles. The number of hydrogen-bond donors (Lipinski definition) is 2. The largest absolute Gasteiger partial charge is 0.352 e. The lowest BCUT2D eigenvalue weighted by molar-refractivity contribution is -0.123. The van der Waals surface area contributed by atoms with Crippen LogP contribution >= 0.6 is 0 Å². The Hall–Kier alpha value is -2.21. The summed E-state index contributed by atoms with van der Waals surface area (Å²) in [4.78, 5) is 12.7. The van der Waals surface area contributed by atoms with Crippen LogP contribution in [0, 0.1) is 12.7 Å². The Balaban J connectivity index is 1.75. The molecule has 0 aliphatic heterocycles. The zero-order chi connectivity index (χ0) is 18.0. The number of halogens is 1. The predicted molar refractivity (Wildman–Crippen MR) is 94.6 cm³/mol. The van der Waals surface area contributed by atoms with E-state index in [-0.39, 0.29) is 29.8 Å². The summed E-state index contributed by atoms with van der Waals surface area (Å²) in [5.74, 6) is -0.372. The van der Waals surface area contributed by atoms with Crippen molar-refractivity contribution in [1.82, 2.24) is 20.4 Å². The van der Waals surface area contributed by atoms with Crippen LogP contribution in [0.25, 0.3) is 0 Å². The van der Waals surface area contributed by atoms with Gasteiger partial charge in [-0.15, -0.1) is 0 Å². The number of carbonyl (C=O) groups excluding carboxylic acids is 1. The van der Waals surface area contributed by atoms with Gasteiger partial charge in [-0.1, -0.05) is 12.1 Å².